The summed E-state index contributed by atoms with van der Waals surface area (Å²) in [4.78, 5) is 8.32. The highest BCUT2D eigenvalue weighted by Gasteiger charge is 2.04. The highest BCUT2D eigenvalue weighted by atomic mass is 32.1. The van der Waals surface area contributed by atoms with Crippen LogP contribution in [0.25, 0.3) is 0 Å². The number of nitrogens with zero attached hydrogens (tertiary/aromatic N) is 2. The maximum atomic E-state index is 4.22. The molecule has 0 spiro atoms. The largest absolute Gasteiger partial charge is 0.304 e. The Balaban J connectivity index is 1.90. The Hall–Kier alpha value is -1.26. The Morgan fingerprint density at radius 3 is 3.13 bits per heavy atom. The van der Waals surface area contributed by atoms with E-state index in [9.17, 15) is 0 Å². The average Bonchev–Trinajstić information content (AvgIpc) is 2.80. The van der Waals surface area contributed by atoms with Gasteiger partial charge in [0.25, 0.3) is 0 Å². The lowest BCUT2D eigenvalue weighted by molar-refractivity contribution is 0.567. The van der Waals surface area contributed by atoms with Crippen LogP contribution in [-0.4, -0.2) is 9.97 Å². The molecule has 1 atom stereocenters. The third-order valence-electron chi connectivity index (χ3n) is 2.26. The number of hydrogen-bond acceptors (Lipinski definition) is 4. The first kappa shape index (κ1) is 10.3. The van der Waals surface area contributed by atoms with Gasteiger partial charge in [-0.2, -0.15) is 0 Å². The smallest absolute Gasteiger partial charge is 0.0795 e. The van der Waals surface area contributed by atoms with Crippen molar-refractivity contribution < 1.29 is 0 Å². The summed E-state index contributed by atoms with van der Waals surface area (Å²) in [6.45, 7) is 2.93. The highest BCUT2D eigenvalue weighted by Crippen LogP contribution is 2.11. The summed E-state index contributed by atoms with van der Waals surface area (Å²) in [6, 6.07) is 4.34. The fraction of sp³-hybridized carbons (Fsp3) is 0.273. The van der Waals surface area contributed by atoms with Crippen LogP contribution in [0.4, 0.5) is 0 Å². The van der Waals surface area contributed by atoms with Crippen LogP contribution in [-0.2, 0) is 6.54 Å². The van der Waals surface area contributed by atoms with Gasteiger partial charge in [0, 0.05) is 30.4 Å². The van der Waals surface area contributed by atoms with Crippen molar-refractivity contribution in [1.82, 2.24) is 15.3 Å². The van der Waals surface area contributed by atoms with Gasteiger partial charge in [0.2, 0.25) is 0 Å². The maximum Gasteiger partial charge on any atom is 0.0795 e. The molecule has 0 saturated heterocycles. The molecule has 0 aliphatic rings. The van der Waals surface area contributed by atoms with Crippen molar-refractivity contribution in [3.05, 3.63) is 46.7 Å². The summed E-state index contributed by atoms with van der Waals surface area (Å²) in [6.07, 6.45) is 3.68. The second kappa shape index (κ2) is 5.00. The second-order valence-electron chi connectivity index (χ2n) is 3.37. The van der Waals surface area contributed by atoms with Gasteiger partial charge in [-0.25, -0.2) is 4.98 Å². The van der Waals surface area contributed by atoms with Gasteiger partial charge in [0.15, 0.2) is 0 Å². The summed E-state index contributed by atoms with van der Waals surface area (Å²) < 4.78 is 0. The number of hydrogen-bond donors (Lipinski definition) is 1. The molecule has 1 N–H and O–H groups in total. The molecule has 78 valence electrons. The fourth-order valence-electron chi connectivity index (χ4n) is 1.33. The molecule has 0 bridgehead atoms. The van der Waals surface area contributed by atoms with Gasteiger partial charge in [0.1, 0.15) is 0 Å². The van der Waals surface area contributed by atoms with Gasteiger partial charge in [-0.05, 0) is 18.6 Å². The van der Waals surface area contributed by atoms with Gasteiger partial charge >= 0.3 is 0 Å². The van der Waals surface area contributed by atoms with Crippen molar-refractivity contribution in [2.24, 2.45) is 0 Å². The Morgan fingerprint density at radius 2 is 2.47 bits per heavy atom. The molecule has 0 aliphatic carbocycles. The Morgan fingerprint density at radius 1 is 1.53 bits per heavy atom. The molecule has 3 nitrogen and oxygen atoms in total. The van der Waals surface area contributed by atoms with Crippen LogP contribution < -0.4 is 5.32 Å². The maximum absolute atomic E-state index is 4.22. The number of aromatic nitrogens is 2. The van der Waals surface area contributed by atoms with E-state index in [1.165, 1.54) is 5.56 Å². The van der Waals surface area contributed by atoms with E-state index in [2.05, 4.69) is 33.7 Å². The molecule has 0 aromatic carbocycles. The van der Waals surface area contributed by atoms with Crippen LogP contribution in [0.2, 0.25) is 0 Å². The number of rotatable bonds is 4. The lowest BCUT2D eigenvalue weighted by atomic mass is 10.1. The molecule has 0 amide bonds. The third kappa shape index (κ3) is 2.84. The number of nitrogens with one attached hydrogen (secondary N) is 1. The molecule has 1 unspecified atom stereocenters. The molecule has 2 heterocycles. The zero-order valence-electron chi connectivity index (χ0n) is 8.55. The van der Waals surface area contributed by atoms with E-state index in [0.717, 1.165) is 12.2 Å². The van der Waals surface area contributed by atoms with E-state index < -0.39 is 0 Å². The van der Waals surface area contributed by atoms with E-state index >= 15 is 0 Å². The summed E-state index contributed by atoms with van der Waals surface area (Å²) in [7, 11) is 0. The van der Waals surface area contributed by atoms with Crippen LogP contribution in [0.1, 0.15) is 24.2 Å². The van der Waals surface area contributed by atoms with E-state index in [0.29, 0.717) is 6.04 Å². The van der Waals surface area contributed by atoms with Gasteiger partial charge in [-0.3, -0.25) is 4.98 Å². The SMILES string of the molecule is CC(NCc1cscn1)c1cccnc1. The number of pyridine rings is 1. The van der Waals surface area contributed by atoms with Gasteiger partial charge in [0.05, 0.1) is 11.2 Å². The minimum atomic E-state index is 0.306. The molecular weight excluding hydrogens is 206 g/mol. The first-order chi connectivity index (χ1) is 7.36. The number of thiazole rings is 1. The monoisotopic (exact) mass is 219 g/mol. The van der Waals surface area contributed by atoms with Crippen molar-refractivity contribution >= 4 is 11.3 Å². The topological polar surface area (TPSA) is 37.8 Å². The molecule has 0 fully saturated rings. The van der Waals surface area contributed by atoms with E-state index in [1.54, 1.807) is 17.5 Å². The summed E-state index contributed by atoms with van der Waals surface area (Å²) in [5.41, 5.74) is 4.15. The van der Waals surface area contributed by atoms with Crippen LogP contribution in [0.3, 0.4) is 0 Å². The average molecular weight is 219 g/mol. The minimum absolute atomic E-state index is 0.306. The van der Waals surface area contributed by atoms with Crippen LogP contribution in [0.5, 0.6) is 0 Å². The summed E-state index contributed by atoms with van der Waals surface area (Å²) >= 11 is 1.62. The molecule has 2 aromatic rings. The lowest BCUT2D eigenvalue weighted by Crippen LogP contribution is -2.18. The van der Waals surface area contributed by atoms with Gasteiger partial charge in [-0.15, -0.1) is 11.3 Å². The predicted molar refractivity (Wildman–Crippen MR) is 61.6 cm³/mol. The molecule has 0 saturated carbocycles. The zero-order valence-corrected chi connectivity index (χ0v) is 9.37. The first-order valence-corrected chi connectivity index (χ1v) is 5.81. The van der Waals surface area contributed by atoms with Crippen molar-refractivity contribution in [3.63, 3.8) is 0 Å². The fourth-order valence-corrected chi connectivity index (χ4v) is 1.89. The predicted octanol–water partition coefficient (Wildman–Crippen LogP) is 2.39. The lowest BCUT2D eigenvalue weighted by Gasteiger charge is -2.12. The summed E-state index contributed by atoms with van der Waals surface area (Å²) in [5, 5.41) is 5.46. The summed E-state index contributed by atoms with van der Waals surface area (Å²) in [5.74, 6) is 0. The molecule has 2 aromatic heterocycles. The van der Waals surface area contributed by atoms with Crippen molar-refractivity contribution in [3.8, 4) is 0 Å². The molecular formula is C11H13N3S. The molecule has 15 heavy (non-hydrogen) atoms. The van der Waals surface area contributed by atoms with E-state index in [-0.39, 0.29) is 0 Å². The van der Waals surface area contributed by atoms with Crippen LogP contribution in [0.15, 0.2) is 35.4 Å². The van der Waals surface area contributed by atoms with Crippen LogP contribution >= 0.6 is 11.3 Å². The van der Waals surface area contributed by atoms with Crippen molar-refractivity contribution in [2.75, 3.05) is 0 Å². The molecule has 2 rings (SSSR count). The van der Waals surface area contributed by atoms with E-state index in [1.807, 2.05) is 17.8 Å². The normalized spacial score (nSPS) is 12.6. The first-order valence-electron chi connectivity index (χ1n) is 4.86. The van der Waals surface area contributed by atoms with Crippen molar-refractivity contribution in [1.29, 1.82) is 0 Å². The Kier molecular flexibility index (Phi) is 3.42. The highest BCUT2D eigenvalue weighted by molar-refractivity contribution is 7.07. The van der Waals surface area contributed by atoms with E-state index in [4.69, 9.17) is 0 Å². The standard InChI is InChI=1S/C11H13N3S/c1-9(10-3-2-4-12-5-10)13-6-11-7-15-8-14-11/h2-5,7-9,13H,6H2,1H3. The van der Waals surface area contributed by atoms with Crippen molar-refractivity contribution in [2.45, 2.75) is 19.5 Å². The third-order valence-corrected chi connectivity index (χ3v) is 2.89. The second-order valence-corrected chi connectivity index (χ2v) is 4.09. The van der Waals surface area contributed by atoms with Crippen LogP contribution in [0, 0.1) is 0 Å². The Bertz CT molecular complexity index is 385. The van der Waals surface area contributed by atoms with Gasteiger partial charge < -0.3 is 5.32 Å². The zero-order chi connectivity index (χ0) is 10.5. The molecule has 0 aliphatic heterocycles. The molecule has 4 heteroatoms. The Labute approximate surface area is 93.2 Å². The van der Waals surface area contributed by atoms with Gasteiger partial charge in [-0.1, -0.05) is 6.07 Å². The minimum Gasteiger partial charge on any atom is -0.304 e. The quantitative estimate of drug-likeness (QED) is 0.858. The molecule has 0 radical (unpaired) electrons.